The molecule has 0 saturated heterocycles. The number of carbonyl (C=O) groups excluding carboxylic acids is 1. The van der Waals surface area contributed by atoms with E-state index >= 15 is 0 Å². The van der Waals surface area contributed by atoms with Crippen LogP contribution in [-0.2, 0) is 11.3 Å². The highest BCUT2D eigenvalue weighted by molar-refractivity contribution is 5.67. The fourth-order valence-electron chi connectivity index (χ4n) is 3.63. The van der Waals surface area contributed by atoms with E-state index in [0.29, 0.717) is 25.3 Å². The summed E-state index contributed by atoms with van der Waals surface area (Å²) in [7, 11) is 0. The molecule has 2 rings (SSSR count). The molecule has 0 heterocycles. The zero-order chi connectivity index (χ0) is 21.9. The topological polar surface area (TPSA) is 137 Å². The smallest absolute Gasteiger partial charge is 0.407 e. The van der Waals surface area contributed by atoms with E-state index in [1.165, 1.54) is 0 Å². The molecule has 0 bridgehead atoms. The molecule has 30 heavy (non-hydrogen) atoms. The highest BCUT2D eigenvalue weighted by Crippen LogP contribution is 2.41. The Kier molecular flexibility index (Phi) is 9.24. The molecule has 1 aromatic carbocycles. The second-order valence-electron chi connectivity index (χ2n) is 7.79. The fourth-order valence-corrected chi connectivity index (χ4v) is 3.63. The van der Waals surface area contributed by atoms with Crippen LogP contribution in [-0.4, -0.2) is 47.6 Å². The summed E-state index contributed by atoms with van der Waals surface area (Å²) in [6.45, 7) is 2.56. The molecular formula is C21H31N3O6. The van der Waals surface area contributed by atoms with E-state index in [4.69, 9.17) is 14.9 Å². The van der Waals surface area contributed by atoms with Gasteiger partial charge < -0.3 is 30.9 Å². The van der Waals surface area contributed by atoms with Gasteiger partial charge in [-0.1, -0.05) is 30.3 Å². The van der Waals surface area contributed by atoms with Gasteiger partial charge >= 0.3 is 18.3 Å². The molecule has 1 aromatic rings. The van der Waals surface area contributed by atoms with Crippen LogP contribution in [0.3, 0.4) is 0 Å². The lowest BCUT2D eigenvalue weighted by molar-refractivity contribution is 0.135. The summed E-state index contributed by atoms with van der Waals surface area (Å²) in [5, 5.41) is 25.5. The van der Waals surface area contributed by atoms with Crippen molar-refractivity contribution in [3.05, 3.63) is 35.9 Å². The Morgan fingerprint density at radius 2 is 1.80 bits per heavy atom. The van der Waals surface area contributed by atoms with E-state index in [-0.39, 0.29) is 31.0 Å². The van der Waals surface area contributed by atoms with Gasteiger partial charge in [-0.3, -0.25) is 0 Å². The van der Waals surface area contributed by atoms with Gasteiger partial charge in [0.2, 0.25) is 0 Å². The average molecular weight is 421 g/mol. The molecule has 9 heteroatoms. The summed E-state index contributed by atoms with van der Waals surface area (Å²) in [4.78, 5) is 33.9. The van der Waals surface area contributed by atoms with Crippen LogP contribution in [0.1, 0.15) is 38.2 Å². The van der Waals surface area contributed by atoms with Gasteiger partial charge in [0.15, 0.2) is 0 Å². The van der Waals surface area contributed by atoms with Crippen molar-refractivity contribution in [2.24, 2.45) is 17.8 Å². The summed E-state index contributed by atoms with van der Waals surface area (Å²) < 4.78 is 5.23. The minimum absolute atomic E-state index is 0.138. The van der Waals surface area contributed by atoms with Crippen molar-refractivity contribution < 1.29 is 29.3 Å². The lowest BCUT2D eigenvalue weighted by Crippen LogP contribution is -2.43. The largest absolute Gasteiger partial charge is 0.465 e. The molecule has 0 aliphatic heterocycles. The number of hydrogen-bond donors (Lipinski definition) is 5. The Hall–Kier alpha value is -2.97. The van der Waals surface area contributed by atoms with E-state index in [2.05, 4.69) is 16.0 Å². The van der Waals surface area contributed by atoms with Gasteiger partial charge in [-0.15, -0.1) is 0 Å². The van der Waals surface area contributed by atoms with Crippen molar-refractivity contribution in [2.75, 3.05) is 13.1 Å². The van der Waals surface area contributed by atoms with Crippen LogP contribution in [0, 0.1) is 17.8 Å². The molecule has 5 N–H and O–H groups in total. The average Bonchev–Trinajstić information content (AvgIpc) is 3.53. The third-order valence-electron chi connectivity index (χ3n) is 5.47. The van der Waals surface area contributed by atoms with Crippen molar-refractivity contribution in [3.8, 4) is 0 Å². The van der Waals surface area contributed by atoms with Crippen molar-refractivity contribution >= 4 is 18.3 Å². The number of alkyl carbamates (subject to hydrolysis) is 1. The predicted molar refractivity (Wildman–Crippen MR) is 110 cm³/mol. The number of amides is 3. The quantitative estimate of drug-likeness (QED) is 0.351. The zero-order valence-electron chi connectivity index (χ0n) is 17.2. The van der Waals surface area contributed by atoms with Gasteiger partial charge in [-0.05, 0) is 55.9 Å². The third kappa shape index (κ3) is 9.02. The second kappa shape index (κ2) is 11.9. The maximum atomic E-state index is 12.1. The van der Waals surface area contributed by atoms with Crippen LogP contribution in [0.2, 0.25) is 0 Å². The normalized spacial score (nSPS) is 16.0. The monoisotopic (exact) mass is 421 g/mol. The number of nitrogens with one attached hydrogen (secondary N) is 3. The van der Waals surface area contributed by atoms with Gasteiger partial charge in [0.25, 0.3) is 0 Å². The molecule has 9 nitrogen and oxygen atoms in total. The minimum atomic E-state index is -1.12. The molecule has 0 spiro atoms. The number of hydrogen-bond acceptors (Lipinski definition) is 4. The molecule has 1 aliphatic carbocycles. The van der Waals surface area contributed by atoms with Crippen LogP contribution in [0.15, 0.2) is 30.3 Å². The highest BCUT2D eigenvalue weighted by atomic mass is 16.5. The van der Waals surface area contributed by atoms with Crippen LogP contribution in [0.25, 0.3) is 0 Å². The fraction of sp³-hybridized carbons (Fsp3) is 0.571. The van der Waals surface area contributed by atoms with E-state index < -0.39 is 18.3 Å². The van der Waals surface area contributed by atoms with Gasteiger partial charge in [0.05, 0.1) is 0 Å². The van der Waals surface area contributed by atoms with Crippen molar-refractivity contribution in [2.45, 2.75) is 45.3 Å². The SMILES string of the molecule is C[C@@H](NC(=O)O)[C@H](CNC(=O)OCc1ccccc1)CC(CCNC(=O)O)C1CC1. The van der Waals surface area contributed by atoms with E-state index in [9.17, 15) is 14.4 Å². The summed E-state index contributed by atoms with van der Waals surface area (Å²) >= 11 is 0. The number of carbonyl (C=O) groups is 3. The first-order valence-electron chi connectivity index (χ1n) is 10.3. The summed E-state index contributed by atoms with van der Waals surface area (Å²) in [6, 6.07) is 8.96. The third-order valence-corrected chi connectivity index (χ3v) is 5.47. The first-order chi connectivity index (χ1) is 14.3. The summed E-state index contributed by atoms with van der Waals surface area (Å²) in [5.74, 6) is 0.646. The Morgan fingerprint density at radius 3 is 2.40 bits per heavy atom. The van der Waals surface area contributed by atoms with Crippen LogP contribution in [0.4, 0.5) is 14.4 Å². The van der Waals surface area contributed by atoms with E-state index in [0.717, 1.165) is 18.4 Å². The van der Waals surface area contributed by atoms with E-state index in [1.54, 1.807) is 6.92 Å². The maximum absolute atomic E-state index is 12.1. The number of carboxylic acid groups (broad SMARTS) is 2. The second-order valence-corrected chi connectivity index (χ2v) is 7.79. The molecule has 1 fully saturated rings. The Labute approximate surface area is 176 Å². The molecule has 1 aliphatic rings. The van der Waals surface area contributed by atoms with Crippen LogP contribution in [0.5, 0.6) is 0 Å². The molecule has 1 saturated carbocycles. The standard InChI is InChI=1S/C21H31N3O6/c1-14(24-20(27)28)18(11-17(16-7-8-16)9-10-22-19(25)26)12-23-21(29)30-13-15-5-3-2-4-6-15/h2-6,14,16-18,22,24H,7-13H2,1H3,(H,23,29)(H,25,26)(H,27,28)/t14-,17?,18+/m1/s1. The maximum Gasteiger partial charge on any atom is 0.407 e. The molecular weight excluding hydrogens is 390 g/mol. The minimum Gasteiger partial charge on any atom is -0.465 e. The number of ether oxygens (including phenoxy) is 1. The Balaban J connectivity index is 1.88. The molecule has 1 unspecified atom stereocenters. The van der Waals surface area contributed by atoms with Gasteiger partial charge in [0.1, 0.15) is 6.61 Å². The number of benzene rings is 1. The molecule has 166 valence electrons. The lowest BCUT2D eigenvalue weighted by atomic mass is 9.84. The van der Waals surface area contributed by atoms with Crippen molar-refractivity contribution in [1.29, 1.82) is 0 Å². The first kappa shape index (κ1) is 23.3. The van der Waals surface area contributed by atoms with Crippen molar-refractivity contribution in [3.63, 3.8) is 0 Å². The zero-order valence-corrected chi connectivity index (χ0v) is 17.2. The van der Waals surface area contributed by atoms with E-state index in [1.807, 2.05) is 30.3 Å². The lowest BCUT2D eigenvalue weighted by Gasteiger charge is -2.28. The van der Waals surface area contributed by atoms with Crippen LogP contribution < -0.4 is 16.0 Å². The van der Waals surface area contributed by atoms with Gasteiger partial charge in [0, 0.05) is 19.1 Å². The summed E-state index contributed by atoms with van der Waals surface area (Å²) in [6.07, 6.45) is 0.842. The Bertz CT molecular complexity index is 695. The van der Waals surface area contributed by atoms with Gasteiger partial charge in [-0.2, -0.15) is 0 Å². The van der Waals surface area contributed by atoms with Gasteiger partial charge in [-0.25, -0.2) is 14.4 Å². The van der Waals surface area contributed by atoms with Crippen LogP contribution >= 0.6 is 0 Å². The molecule has 0 aromatic heterocycles. The Morgan fingerprint density at radius 1 is 1.10 bits per heavy atom. The molecule has 3 amide bonds. The highest BCUT2D eigenvalue weighted by Gasteiger charge is 2.34. The molecule has 0 radical (unpaired) electrons. The number of rotatable bonds is 12. The van der Waals surface area contributed by atoms with Crippen molar-refractivity contribution in [1.82, 2.24) is 16.0 Å². The predicted octanol–water partition coefficient (Wildman–Crippen LogP) is 3.26. The molecule has 3 atom stereocenters. The first-order valence-corrected chi connectivity index (χ1v) is 10.3. The summed E-state index contributed by atoms with van der Waals surface area (Å²) in [5.41, 5.74) is 0.879.